The zero-order valence-corrected chi connectivity index (χ0v) is 16.0. The fraction of sp³-hybridized carbons (Fsp3) is 0.333. The minimum absolute atomic E-state index is 0.0401. The Morgan fingerprint density at radius 3 is 2.96 bits per heavy atom. The number of pyridine rings is 1. The predicted molar refractivity (Wildman–Crippen MR) is 108 cm³/mol. The third kappa shape index (κ3) is 2.99. The van der Waals surface area contributed by atoms with Crippen molar-refractivity contribution in [1.82, 2.24) is 10.3 Å². The highest BCUT2D eigenvalue weighted by atomic mass is 32.1. The van der Waals surface area contributed by atoms with Crippen LogP contribution in [-0.2, 0) is 4.74 Å². The first-order chi connectivity index (χ1) is 13.2. The predicted octanol–water partition coefficient (Wildman–Crippen LogP) is 4.65. The van der Waals surface area contributed by atoms with Crippen LogP contribution in [0, 0.1) is 6.92 Å². The van der Waals surface area contributed by atoms with E-state index < -0.39 is 0 Å². The van der Waals surface area contributed by atoms with E-state index in [1.807, 2.05) is 12.1 Å². The molecule has 2 fully saturated rings. The van der Waals surface area contributed by atoms with Gasteiger partial charge in [0.1, 0.15) is 0 Å². The van der Waals surface area contributed by atoms with Gasteiger partial charge in [-0.3, -0.25) is 4.90 Å². The Hall–Kier alpha value is -2.44. The van der Waals surface area contributed by atoms with Crippen LogP contribution in [0.1, 0.15) is 29.4 Å². The van der Waals surface area contributed by atoms with Gasteiger partial charge in [-0.05, 0) is 55.7 Å². The van der Waals surface area contributed by atoms with Crippen LogP contribution in [0.25, 0.3) is 21.5 Å². The number of carbonyl (C=O) groups is 1. The number of nitrogens with zero attached hydrogens (tertiary/aromatic N) is 2. The fourth-order valence-corrected chi connectivity index (χ4v) is 4.92. The standard InChI is InChI=1S/C21H21N3O2S/c1-13-11-17(19-6-7-20(27-19)18-3-2-10-26-18)23-16-12-14(4-5-15(13)16)24-9-8-22-21(24)25/h4-7,11-12,18H,2-3,8-10H2,1H3,(H,22,25). The van der Waals surface area contributed by atoms with Gasteiger partial charge in [-0.25, -0.2) is 9.78 Å². The molecule has 27 heavy (non-hydrogen) atoms. The number of rotatable bonds is 3. The minimum Gasteiger partial charge on any atom is -0.373 e. The number of hydrogen-bond acceptors (Lipinski definition) is 4. The summed E-state index contributed by atoms with van der Waals surface area (Å²) in [6, 6.07) is 12.5. The number of benzene rings is 1. The lowest BCUT2D eigenvalue weighted by molar-refractivity contribution is 0.114. The number of hydrogen-bond donors (Lipinski definition) is 1. The maximum atomic E-state index is 12.0. The summed E-state index contributed by atoms with van der Waals surface area (Å²) in [6.07, 6.45) is 2.48. The molecular formula is C21H21N3O2S. The molecule has 4 heterocycles. The van der Waals surface area contributed by atoms with Gasteiger partial charge in [-0.1, -0.05) is 6.07 Å². The van der Waals surface area contributed by atoms with Crippen molar-refractivity contribution >= 4 is 34.0 Å². The van der Waals surface area contributed by atoms with Crippen molar-refractivity contribution in [3.05, 3.63) is 46.8 Å². The second-order valence-corrected chi connectivity index (χ2v) is 8.23. The van der Waals surface area contributed by atoms with Gasteiger partial charge in [0.15, 0.2) is 0 Å². The first-order valence-electron chi connectivity index (χ1n) is 9.37. The zero-order chi connectivity index (χ0) is 18.4. The Morgan fingerprint density at radius 1 is 1.26 bits per heavy atom. The number of fused-ring (bicyclic) bond motifs is 1. The lowest BCUT2D eigenvalue weighted by Gasteiger charge is -2.15. The van der Waals surface area contributed by atoms with Crippen molar-refractivity contribution in [2.45, 2.75) is 25.9 Å². The molecule has 1 N–H and O–H groups in total. The summed E-state index contributed by atoms with van der Waals surface area (Å²) in [7, 11) is 0. The average Bonchev–Trinajstić information content (AvgIpc) is 3.42. The number of ether oxygens (including phenoxy) is 1. The summed E-state index contributed by atoms with van der Waals surface area (Å²) < 4.78 is 5.81. The van der Waals surface area contributed by atoms with Crippen LogP contribution >= 0.6 is 11.3 Å². The van der Waals surface area contributed by atoms with Gasteiger partial charge in [0.25, 0.3) is 0 Å². The zero-order valence-electron chi connectivity index (χ0n) is 15.2. The van der Waals surface area contributed by atoms with E-state index in [1.165, 1.54) is 10.4 Å². The van der Waals surface area contributed by atoms with Gasteiger partial charge in [0, 0.05) is 35.6 Å². The SMILES string of the molecule is Cc1cc(-c2ccc(C3CCCO3)s2)nc2cc(N3CCNC3=O)ccc12. The molecule has 1 aromatic carbocycles. The molecule has 5 nitrogen and oxygen atoms in total. The Balaban J connectivity index is 1.54. The minimum atomic E-state index is -0.0401. The summed E-state index contributed by atoms with van der Waals surface area (Å²) in [6.45, 7) is 4.35. The first-order valence-corrected chi connectivity index (χ1v) is 10.2. The molecule has 138 valence electrons. The first kappa shape index (κ1) is 16.7. The van der Waals surface area contributed by atoms with E-state index in [0.717, 1.165) is 46.6 Å². The van der Waals surface area contributed by atoms with Crippen LogP contribution in [0.3, 0.4) is 0 Å². The van der Waals surface area contributed by atoms with Gasteiger partial charge in [-0.15, -0.1) is 11.3 Å². The molecular weight excluding hydrogens is 358 g/mol. The number of urea groups is 1. The summed E-state index contributed by atoms with van der Waals surface area (Å²) >= 11 is 1.77. The van der Waals surface area contributed by atoms with Crippen LogP contribution in [0.15, 0.2) is 36.4 Å². The van der Waals surface area contributed by atoms with E-state index in [2.05, 4.69) is 36.5 Å². The van der Waals surface area contributed by atoms with E-state index in [1.54, 1.807) is 16.2 Å². The third-order valence-electron chi connectivity index (χ3n) is 5.30. The molecule has 5 rings (SSSR count). The molecule has 2 saturated heterocycles. The van der Waals surface area contributed by atoms with E-state index in [-0.39, 0.29) is 12.1 Å². The molecule has 3 aromatic rings. The van der Waals surface area contributed by atoms with Gasteiger partial charge in [-0.2, -0.15) is 0 Å². The Bertz CT molecular complexity index is 1020. The lowest BCUT2D eigenvalue weighted by atomic mass is 10.1. The van der Waals surface area contributed by atoms with Crippen molar-refractivity contribution in [3.63, 3.8) is 0 Å². The fourth-order valence-electron chi connectivity index (χ4n) is 3.87. The number of anilines is 1. The van der Waals surface area contributed by atoms with Crippen molar-refractivity contribution < 1.29 is 9.53 Å². The lowest BCUT2D eigenvalue weighted by Crippen LogP contribution is -2.27. The highest BCUT2D eigenvalue weighted by Gasteiger charge is 2.22. The Morgan fingerprint density at radius 2 is 2.19 bits per heavy atom. The molecule has 2 aromatic heterocycles. The molecule has 1 unspecified atom stereocenters. The molecule has 0 saturated carbocycles. The molecule has 2 aliphatic rings. The number of thiophene rings is 1. The second kappa shape index (κ2) is 6.62. The molecule has 0 spiro atoms. The highest BCUT2D eigenvalue weighted by Crippen LogP contribution is 2.37. The van der Waals surface area contributed by atoms with E-state index in [4.69, 9.17) is 9.72 Å². The van der Waals surface area contributed by atoms with Crippen LogP contribution in [-0.4, -0.2) is 30.7 Å². The van der Waals surface area contributed by atoms with E-state index in [0.29, 0.717) is 13.1 Å². The van der Waals surface area contributed by atoms with Crippen molar-refractivity contribution in [1.29, 1.82) is 0 Å². The molecule has 0 bridgehead atoms. The molecule has 2 amide bonds. The van der Waals surface area contributed by atoms with Crippen molar-refractivity contribution in [3.8, 4) is 10.6 Å². The maximum absolute atomic E-state index is 12.0. The third-order valence-corrected chi connectivity index (χ3v) is 6.49. The molecule has 0 aliphatic carbocycles. The summed E-state index contributed by atoms with van der Waals surface area (Å²) in [5, 5.41) is 3.97. The van der Waals surface area contributed by atoms with E-state index >= 15 is 0 Å². The number of aryl methyl sites for hydroxylation is 1. The van der Waals surface area contributed by atoms with Crippen LogP contribution in [0.2, 0.25) is 0 Å². The highest BCUT2D eigenvalue weighted by molar-refractivity contribution is 7.15. The summed E-state index contributed by atoms with van der Waals surface area (Å²) in [4.78, 5) is 21.1. The summed E-state index contributed by atoms with van der Waals surface area (Å²) in [5.41, 5.74) is 4.00. The number of carbonyl (C=O) groups excluding carboxylic acids is 1. The quantitative estimate of drug-likeness (QED) is 0.720. The Kier molecular flexibility index (Phi) is 4.10. The van der Waals surface area contributed by atoms with Crippen LogP contribution in [0.5, 0.6) is 0 Å². The summed E-state index contributed by atoms with van der Waals surface area (Å²) in [5.74, 6) is 0. The van der Waals surface area contributed by atoms with Gasteiger partial charge in [0.2, 0.25) is 0 Å². The monoisotopic (exact) mass is 379 g/mol. The van der Waals surface area contributed by atoms with Crippen LogP contribution < -0.4 is 10.2 Å². The largest absolute Gasteiger partial charge is 0.373 e. The number of amides is 2. The van der Waals surface area contributed by atoms with Crippen LogP contribution in [0.4, 0.5) is 10.5 Å². The smallest absolute Gasteiger partial charge is 0.321 e. The van der Waals surface area contributed by atoms with Crippen molar-refractivity contribution in [2.75, 3.05) is 24.6 Å². The van der Waals surface area contributed by atoms with E-state index in [9.17, 15) is 4.79 Å². The van der Waals surface area contributed by atoms with Gasteiger partial charge in [0.05, 0.1) is 22.2 Å². The second-order valence-electron chi connectivity index (χ2n) is 7.11. The molecule has 2 aliphatic heterocycles. The number of nitrogens with one attached hydrogen (secondary N) is 1. The number of aromatic nitrogens is 1. The maximum Gasteiger partial charge on any atom is 0.321 e. The molecule has 0 radical (unpaired) electrons. The molecule has 1 atom stereocenters. The van der Waals surface area contributed by atoms with Gasteiger partial charge >= 0.3 is 6.03 Å². The van der Waals surface area contributed by atoms with Gasteiger partial charge < -0.3 is 10.1 Å². The molecule has 6 heteroatoms. The Labute approximate surface area is 162 Å². The normalized spacial score (nSPS) is 19.8. The van der Waals surface area contributed by atoms with Crippen molar-refractivity contribution in [2.24, 2.45) is 0 Å². The topological polar surface area (TPSA) is 54.5 Å². The average molecular weight is 379 g/mol.